The highest BCUT2D eigenvalue weighted by Crippen LogP contribution is 2.25. The first-order valence-electron chi connectivity index (χ1n) is 7.50. The second-order valence-corrected chi connectivity index (χ2v) is 6.15. The van der Waals surface area contributed by atoms with Gasteiger partial charge in [0.05, 0.1) is 0 Å². The first-order valence-corrected chi connectivity index (χ1v) is 7.50. The number of aryl methyl sites for hydroxylation is 1. The lowest BCUT2D eigenvalue weighted by atomic mass is 9.90. The van der Waals surface area contributed by atoms with Crippen molar-refractivity contribution in [3.05, 3.63) is 17.5 Å². The summed E-state index contributed by atoms with van der Waals surface area (Å²) in [5, 5.41) is 4.39. The average Bonchev–Trinajstić information content (AvgIpc) is 2.80. The molecule has 2 rings (SSSR count). The Balaban J connectivity index is 2.23. The van der Waals surface area contributed by atoms with Crippen molar-refractivity contribution in [3.8, 4) is 0 Å². The van der Waals surface area contributed by atoms with Crippen LogP contribution in [0.25, 0.3) is 0 Å². The number of nitrogens with two attached hydrogens (primary N) is 1. The molecule has 0 radical (unpaired) electrons. The molecule has 0 saturated carbocycles. The number of carbonyl (C=O) groups is 1. The van der Waals surface area contributed by atoms with Crippen molar-refractivity contribution >= 4 is 5.91 Å². The summed E-state index contributed by atoms with van der Waals surface area (Å²) in [4.78, 5) is 14.6. The molecule has 2 atom stereocenters. The predicted octanol–water partition coefficient (Wildman–Crippen LogP) is 1.74. The van der Waals surface area contributed by atoms with Crippen LogP contribution in [0.2, 0.25) is 0 Å². The fraction of sp³-hybridized carbons (Fsp3) is 0.733. The van der Waals surface area contributed by atoms with Gasteiger partial charge in [-0.2, -0.15) is 5.10 Å². The lowest BCUT2D eigenvalue weighted by Gasteiger charge is -2.39. The van der Waals surface area contributed by atoms with E-state index < -0.39 is 0 Å². The van der Waals surface area contributed by atoms with Crippen molar-refractivity contribution in [2.75, 3.05) is 13.1 Å². The second kappa shape index (κ2) is 5.95. The highest BCUT2D eigenvalue weighted by Gasteiger charge is 2.32. The Kier molecular flexibility index (Phi) is 4.48. The number of amides is 1. The lowest BCUT2D eigenvalue weighted by molar-refractivity contribution is 0.0526. The molecule has 2 N–H and O–H groups in total. The molecule has 1 aliphatic heterocycles. The molecule has 0 spiro atoms. The van der Waals surface area contributed by atoms with Gasteiger partial charge in [-0.25, -0.2) is 0 Å². The van der Waals surface area contributed by atoms with Gasteiger partial charge in [0, 0.05) is 31.9 Å². The van der Waals surface area contributed by atoms with Crippen molar-refractivity contribution in [2.24, 2.45) is 18.7 Å². The molecular formula is C15H26N4O. The lowest BCUT2D eigenvalue weighted by Crippen LogP contribution is -2.51. The summed E-state index contributed by atoms with van der Waals surface area (Å²) in [5.41, 5.74) is 7.49. The maximum absolute atomic E-state index is 12.7. The van der Waals surface area contributed by atoms with Gasteiger partial charge in [0.15, 0.2) is 5.69 Å². The second-order valence-electron chi connectivity index (χ2n) is 6.15. The van der Waals surface area contributed by atoms with Gasteiger partial charge in [-0.15, -0.1) is 0 Å². The summed E-state index contributed by atoms with van der Waals surface area (Å²) >= 11 is 0. The molecule has 5 heteroatoms. The van der Waals surface area contributed by atoms with Crippen LogP contribution in [0.5, 0.6) is 0 Å². The highest BCUT2D eigenvalue weighted by atomic mass is 16.2. The van der Waals surface area contributed by atoms with Gasteiger partial charge in [-0.05, 0) is 30.7 Å². The zero-order chi connectivity index (χ0) is 14.9. The SMILES string of the molecule is CC(C)c1cc(C(=O)N2CCCC(C)C2CN)nn1C. The Morgan fingerprint density at radius 3 is 2.80 bits per heavy atom. The van der Waals surface area contributed by atoms with Crippen LogP contribution >= 0.6 is 0 Å². The number of likely N-dealkylation sites (tertiary alicyclic amines) is 1. The molecule has 1 aliphatic rings. The van der Waals surface area contributed by atoms with Crippen molar-refractivity contribution in [2.45, 2.75) is 45.6 Å². The summed E-state index contributed by atoms with van der Waals surface area (Å²) in [6.07, 6.45) is 2.19. The Morgan fingerprint density at radius 2 is 2.25 bits per heavy atom. The molecule has 112 valence electrons. The first-order chi connectivity index (χ1) is 9.45. The molecule has 5 nitrogen and oxygen atoms in total. The van der Waals surface area contributed by atoms with Crippen LogP contribution in [0.15, 0.2) is 6.07 Å². The van der Waals surface area contributed by atoms with E-state index in [0.717, 1.165) is 25.1 Å². The van der Waals surface area contributed by atoms with E-state index in [-0.39, 0.29) is 11.9 Å². The zero-order valence-electron chi connectivity index (χ0n) is 13.0. The number of carbonyl (C=O) groups excluding carboxylic acids is 1. The van der Waals surface area contributed by atoms with E-state index in [1.54, 1.807) is 0 Å². The summed E-state index contributed by atoms with van der Waals surface area (Å²) in [7, 11) is 1.89. The van der Waals surface area contributed by atoms with E-state index in [4.69, 9.17) is 5.73 Å². The maximum atomic E-state index is 12.7. The Bertz CT molecular complexity index is 480. The highest BCUT2D eigenvalue weighted by molar-refractivity contribution is 5.92. The minimum atomic E-state index is 0.0227. The van der Waals surface area contributed by atoms with Crippen LogP contribution in [-0.4, -0.2) is 39.7 Å². The number of hydrogen-bond donors (Lipinski definition) is 1. The van der Waals surface area contributed by atoms with E-state index in [1.165, 1.54) is 0 Å². The van der Waals surface area contributed by atoms with Gasteiger partial charge in [-0.1, -0.05) is 20.8 Å². The molecule has 0 bridgehead atoms. The van der Waals surface area contributed by atoms with Crippen molar-refractivity contribution in [1.29, 1.82) is 0 Å². The third-order valence-corrected chi connectivity index (χ3v) is 4.34. The molecular weight excluding hydrogens is 252 g/mol. The van der Waals surface area contributed by atoms with Gasteiger partial charge in [0.1, 0.15) is 0 Å². The smallest absolute Gasteiger partial charge is 0.274 e. The number of nitrogens with zero attached hydrogens (tertiary/aromatic N) is 3. The number of piperidine rings is 1. The van der Waals surface area contributed by atoms with Gasteiger partial charge < -0.3 is 10.6 Å². The van der Waals surface area contributed by atoms with E-state index in [2.05, 4.69) is 25.9 Å². The first kappa shape index (κ1) is 15.0. The minimum absolute atomic E-state index is 0.0227. The summed E-state index contributed by atoms with van der Waals surface area (Å²) in [6.45, 7) is 7.71. The van der Waals surface area contributed by atoms with Crippen molar-refractivity contribution in [3.63, 3.8) is 0 Å². The molecule has 1 aromatic rings. The average molecular weight is 278 g/mol. The van der Waals surface area contributed by atoms with E-state index in [9.17, 15) is 4.79 Å². The van der Waals surface area contributed by atoms with Crippen molar-refractivity contribution < 1.29 is 4.79 Å². The summed E-state index contributed by atoms with van der Waals surface area (Å²) in [5.74, 6) is 0.847. The molecule has 0 aromatic carbocycles. The third-order valence-electron chi connectivity index (χ3n) is 4.34. The third kappa shape index (κ3) is 2.73. The van der Waals surface area contributed by atoms with Gasteiger partial charge >= 0.3 is 0 Å². The quantitative estimate of drug-likeness (QED) is 0.916. The molecule has 0 aliphatic carbocycles. The maximum Gasteiger partial charge on any atom is 0.274 e. The summed E-state index contributed by atoms with van der Waals surface area (Å²) in [6, 6.07) is 2.06. The summed E-state index contributed by atoms with van der Waals surface area (Å²) < 4.78 is 1.81. The Labute approximate surface area is 121 Å². The monoisotopic (exact) mass is 278 g/mol. The number of hydrogen-bond acceptors (Lipinski definition) is 3. The standard InChI is InChI=1S/C15H26N4O/c1-10(2)13-8-12(17-18(13)4)15(20)19-7-5-6-11(3)14(19)9-16/h8,10-11,14H,5-7,9,16H2,1-4H3. The number of rotatable bonds is 3. The molecule has 20 heavy (non-hydrogen) atoms. The molecule has 2 heterocycles. The largest absolute Gasteiger partial charge is 0.333 e. The van der Waals surface area contributed by atoms with Crippen LogP contribution < -0.4 is 5.73 Å². The normalized spacial score (nSPS) is 23.4. The van der Waals surface area contributed by atoms with Gasteiger partial charge in [0.2, 0.25) is 0 Å². The molecule has 1 amide bonds. The molecule has 2 unspecified atom stereocenters. The van der Waals surface area contributed by atoms with Crippen LogP contribution in [0.3, 0.4) is 0 Å². The molecule has 1 fully saturated rings. The van der Waals surface area contributed by atoms with E-state index in [1.807, 2.05) is 22.7 Å². The van der Waals surface area contributed by atoms with Gasteiger partial charge in [-0.3, -0.25) is 9.48 Å². The van der Waals surface area contributed by atoms with E-state index >= 15 is 0 Å². The van der Waals surface area contributed by atoms with Crippen LogP contribution in [0, 0.1) is 5.92 Å². The zero-order valence-corrected chi connectivity index (χ0v) is 13.0. The van der Waals surface area contributed by atoms with Crippen LogP contribution in [0.4, 0.5) is 0 Å². The van der Waals surface area contributed by atoms with E-state index in [0.29, 0.717) is 24.1 Å². The number of aromatic nitrogens is 2. The fourth-order valence-electron chi connectivity index (χ4n) is 3.13. The molecule has 1 saturated heterocycles. The minimum Gasteiger partial charge on any atom is -0.333 e. The topological polar surface area (TPSA) is 64.2 Å². The van der Waals surface area contributed by atoms with Crippen LogP contribution in [-0.2, 0) is 7.05 Å². The molecule has 1 aromatic heterocycles. The van der Waals surface area contributed by atoms with Crippen molar-refractivity contribution in [1.82, 2.24) is 14.7 Å². The van der Waals surface area contributed by atoms with Crippen LogP contribution in [0.1, 0.15) is 55.7 Å². The fourth-order valence-corrected chi connectivity index (χ4v) is 3.13. The predicted molar refractivity (Wildman–Crippen MR) is 79.6 cm³/mol. The Morgan fingerprint density at radius 1 is 1.55 bits per heavy atom. The van der Waals surface area contributed by atoms with Gasteiger partial charge in [0.25, 0.3) is 5.91 Å². The Hall–Kier alpha value is -1.36.